The molecule has 1 N–H and O–H groups in total. The van der Waals surface area contributed by atoms with Crippen molar-refractivity contribution in [2.75, 3.05) is 31.5 Å². The highest BCUT2D eigenvalue weighted by Crippen LogP contribution is 2.32. The normalized spacial score (nSPS) is 20.7. The highest BCUT2D eigenvalue weighted by Gasteiger charge is 2.35. The number of carbonyl (C=O) groups excluding carboxylic acids is 2. The monoisotopic (exact) mass is 437 g/mol. The van der Waals surface area contributed by atoms with Crippen LogP contribution in [0.5, 0.6) is 0 Å². The third-order valence-electron chi connectivity index (χ3n) is 6.73. The number of nitrogens with one attached hydrogen (secondary N) is 1. The topological polar surface area (TPSA) is 52.7 Å². The first-order valence-electron chi connectivity index (χ1n) is 11.7. The molecule has 2 heterocycles. The molecule has 0 aromatic heterocycles. The molecule has 2 fully saturated rings. The molecular weight excluding hydrogens is 405 g/mol. The number of hydrogen-bond acceptors (Lipinski definition) is 3. The van der Waals surface area contributed by atoms with Crippen LogP contribution in [0.15, 0.2) is 54.6 Å². The molecule has 0 aliphatic carbocycles. The number of nitrogens with zero attached hydrogens (tertiary/aromatic N) is 2. The first-order chi connectivity index (χ1) is 15.6. The van der Waals surface area contributed by atoms with E-state index in [0.29, 0.717) is 30.6 Å². The van der Waals surface area contributed by atoms with Crippen LogP contribution < -0.4 is 5.32 Å². The number of halogens is 1. The van der Waals surface area contributed by atoms with Gasteiger partial charge in [-0.2, -0.15) is 0 Å². The Labute approximate surface area is 189 Å². The maximum atomic E-state index is 13.4. The Kier molecular flexibility index (Phi) is 7.53. The molecule has 1 unspecified atom stereocenters. The number of anilines is 1. The molecule has 5 nitrogen and oxygen atoms in total. The van der Waals surface area contributed by atoms with Crippen molar-refractivity contribution in [2.24, 2.45) is 11.8 Å². The smallest absolute Gasteiger partial charge is 0.238 e. The lowest BCUT2D eigenvalue weighted by Gasteiger charge is -2.36. The predicted molar refractivity (Wildman–Crippen MR) is 123 cm³/mol. The molecule has 6 heteroatoms. The Morgan fingerprint density at radius 3 is 2.38 bits per heavy atom. The Balaban J connectivity index is 1.28. The van der Waals surface area contributed by atoms with Crippen molar-refractivity contribution < 1.29 is 14.0 Å². The molecule has 4 rings (SSSR count). The first-order valence-corrected chi connectivity index (χ1v) is 11.7. The van der Waals surface area contributed by atoms with Gasteiger partial charge in [-0.15, -0.1) is 0 Å². The van der Waals surface area contributed by atoms with Crippen molar-refractivity contribution >= 4 is 17.5 Å². The number of amides is 2. The molecule has 32 heavy (non-hydrogen) atoms. The summed E-state index contributed by atoms with van der Waals surface area (Å²) in [6.45, 7) is 3.50. The molecular formula is C26H32FN3O2. The van der Waals surface area contributed by atoms with Crippen molar-refractivity contribution in [3.05, 3.63) is 66.0 Å². The maximum absolute atomic E-state index is 13.4. The van der Waals surface area contributed by atoms with Gasteiger partial charge in [0.25, 0.3) is 0 Å². The lowest BCUT2D eigenvalue weighted by atomic mass is 9.81. The van der Waals surface area contributed by atoms with Gasteiger partial charge in [-0.3, -0.25) is 14.5 Å². The molecule has 1 atom stereocenters. The molecule has 0 saturated carbocycles. The van der Waals surface area contributed by atoms with Crippen molar-refractivity contribution in [2.45, 2.75) is 38.6 Å². The van der Waals surface area contributed by atoms with Gasteiger partial charge in [-0.05, 0) is 74.5 Å². The summed E-state index contributed by atoms with van der Waals surface area (Å²) in [7, 11) is 0. The van der Waals surface area contributed by atoms with Gasteiger partial charge in [0.05, 0.1) is 6.54 Å². The molecule has 2 aliphatic heterocycles. The number of carbonyl (C=O) groups is 2. The molecule has 0 spiro atoms. The summed E-state index contributed by atoms with van der Waals surface area (Å²) < 4.78 is 13.0. The van der Waals surface area contributed by atoms with Crippen molar-refractivity contribution in [3.8, 4) is 0 Å². The zero-order chi connectivity index (χ0) is 22.3. The Morgan fingerprint density at radius 1 is 0.938 bits per heavy atom. The number of rotatable bonds is 6. The molecule has 2 saturated heterocycles. The number of piperidine rings is 1. The van der Waals surface area contributed by atoms with Gasteiger partial charge >= 0.3 is 0 Å². The summed E-state index contributed by atoms with van der Waals surface area (Å²) in [5, 5.41) is 2.83. The molecule has 0 radical (unpaired) electrons. The zero-order valence-corrected chi connectivity index (χ0v) is 18.5. The van der Waals surface area contributed by atoms with Crippen molar-refractivity contribution in [1.82, 2.24) is 9.80 Å². The summed E-state index contributed by atoms with van der Waals surface area (Å²) in [5.74, 6) is 0.376. The first kappa shape index (κ1) is 22.5. The third-order valence-corrected chi connectivity index (χ3v) is 6.73. The Bertz CT molecular complexity index is 895. The van der Waals surface area contributed by atoms with Gasteiger partial charge in [0.15, 0.2) is 0 Å². The van der Waals surface area contributed by atoms with Gasteiger partial charge in [0, 0.05) is 24.7 Å². The van der Waals surface area contributed by atoms with Crippen LogP contribution in [0, 0.1) is 17.7 Å². The number of hydrogen-bond donors (Lipinski definition) is 1. The van der Waals surface area contributed by atoms with E-state index in [4.69, 9.17) is 0 Å². The molecule has 2 amide bonds. The van der Waals surface area contributed by atoms with Crippen LogP contribution in [0.3, 0.4) is 0 Å². The molecule has 2 aromatic carbocycles. The molecule has 2 aromatic rings. The quantitative estimate of drug-likeness (QED) is 0.733. The van der Waals surface area contributed by atoms with E-state index in [2.05, 4.69) is 27.2 Å². The van der Waals surface area contributed by atoms with Crippen LogP contribution >= 0.6 is 0 Å². The second kappa shape index (κ2) is 10.7. The average molecular weight is 438 g/mol. The van der Waals surface area contributed by atoms with E-state index in [-0.39, 0.29) is 17.6 Å². The minimum Gasteiger partial charge on any atom is -0.338 e. The van der Waals surface area contributed by atoms with Crippen molar-refractivity contribution in [3.63, 3.8) is 0 Å². The largest absolute Gasteiger partial charge is 0.338 e. The Morgan fingerprint density at radius 2 is 1.66 bits per heavy atom. The second-order valence-electron chi connectivity index (χ2n) is 9.02. The highest BCUT2D eigenvalue weighted by atomic mass is 19.1. The lowest BCUT2D eigenvalue weighted by molar-refractivity contribution is -0.138. The van der Waals surface area contributed by atoms with E-state index in [9.17, 15) is 14.0 Å². The average Bonchev–Trinajstić information content (AvgIpc) is 2.98. The second-order valence-corrected chi connectivity index (χ2v) is 9.02. The van der Waals surface area contributed by atoms with Crippen LogP contribution in [-0.2, 0) is 16.1 Å². The summed E-state index contributed by atoms with van der Waals surface area (Å²) in [6, 6.07) is 16.0. The maximum Gasteiger partial charge on any atom is 0.238 e. The summed E-state index contributed by atoms with van der Waals surface area (Å²) >= 11 is 0. The third kappa shape index (κ3) is 5.94. The van der Waals surface area contributed by atoms with Crippen LogP contribution in [0.25, 0.3) is 0 Å². The fourth-order valence-electron chi connectivity index (χ4n) is 4.98. The van der Waals surface area contributed by atoms with Crippen LogP contribution in [-0.4, -0.2) is 47.8 Å². The zero-order valence-electron chi connectivity index (χ0n) is 18.5. The summed E-state index contributed by atoms with van der Waals surface area (Å²) in [5.41, 5.74) is 1.79. The van der Waals surface area contributed by atoms with Gasteiger partial charge in [-0.25, -0.2) is 4.39 Å². The lowest BCUT2D eigenvalue weighted by Crippen LogP contribution is -2.44. The van der Waals surface area contributed by atoms with Crippen molar-refractivity contribution in [1.29, 1.82) is 0 Å². The van der Waals surface area contributed by atoms with Crippen LogP contribution in [0.2, 0.25) is 0 Å². The minimum atomic E-state index is -0.319. The molecule has 0 bridgehead atoms. The standard InChI is InChI=1S/C26H32FN3O2/c27-22-9-11-23(12-10-22)28-25(31)19-29-16-13-21(14-17-29)24-8-4-5-15-30(26(24)32)18-20-6-2-1-3-7-20/h1-3,6-7,9-12,21,24H,4-5,8,13-19H2,(H,28,31). The van der Waals surface area contributed by atoms with E-state index in [1.807, 2.05) is 18.2 Å². The molecule has 170 valence electrons. The predicted octanol–water partition coefficient (Wildman–Crippen LogP) is 4.31. The van der Waals surface area contributed by atoms with Crippen LogP contribution in [0.4, 0.5) is 10.1 Å². The van der Waals surface area contributed by atoms with E-state index >= 15 is 0 Å². The molecule has 2 aliphatic rings. The van der Waals surface area contributed by atoms with Gasteiger partial charge in [-0.1, -0.05) is 36.8 Å². The minimum absolute atomic E-state index is 0.0883. The number of likely N-dealkylation sites (tertiary alicyclic amines) is 2. The van der Waals surface area contributed by atoms with Crippen LogP contribution in [0.1, 0.15) is 37.7 Å². The SMILES string of the molecule is O=C(CN1CCC(C2CCCCN(Cc3ccccc3)C2=O)CC1)Nc1ccc(F)cc1. The fourth-order valence-corrected chi connectivity index (χ4v) is 4.98. The number of benzene rings is 2. The Hall–Kier alpha value is -2.73. The van der Waals surface area contributed by atoms with E-state index in [1.54, 1.807) is 12.1 Å². The van der Waals surface area contributed by atoms with Gasteiger partial charge in [0.1, 0.15) is 5.82 Å². The van der Waals surface area contributed by atoms with Gasteiger partial charge in [0.2, 0.25) is 11.8 Å². The summed E-state index contributed by atoms with van der Waals surface area (Å²) in [6.07, 6.45) is 5.03. The fraction of sp³-hybridized carbons (Fsp3) is 0.462. The van der Waals surface area contributed by atoms with E-state index in [0.717, 1.165) is 51.7 Å². The van der Waals surface area contributed by atoms with E-state index < -0.39 is 0 Å². The van der Waals surface area contributed by atoms with E-state index in [1.165, 1.54) is 17.7 Å². The highest BCUT2D eigenvalue weighted by molar-refractivity contribution is 5.92. The summed E-state index contributed by atoms with van der Waals surface area (Å²) in [4.78, 5) is 29.9. The van der Waals surface area contributed by atoms with Gasteiger partial charge < -0.3 is 10.2 Å².